The third-order valence-electron chi connectivity index (χ3n) is 4.20. The molecule has 21 heavy (non-hydrogen) atoms. The molecule has 1 aromatic carbocycles. The van der Waals surface area contributed by atoms with Gasteiger partial charge in [0.2, 0.25) is 0 Å². The first-order chi connectivity index (χ1) is 10.0. The Hall–Kier alpha value is -0.350. The van der Waals surface area contributed by atoms with Crippen molar-refractivity contribution in [2.75, 3.05) is 0 Å². The third kappa shape index (κ3) is 4.10. The minimum atomic E-state index is 0.165. The van der Waals surface area contributed by atoms with Crippen LogP contribution >= 0.6 is 31.9 Å². The van der Waals surface area contributed by atoms with Crippen LogP contribution in [0.1, 0.15) is 61.9 Å². The van der Waals surface area contributed by atoms with Gasteiger partial charge in [-0.1, -0.05) is 57.2 Å². The monoisotopic (exact) mass is 415 g/mol. The predicted molar refractivity (Wildman–Crippen MR) is 95.0 cm³/mol. The Kier molecular flexibility index (Phi) is 6.30. The van der Waals surface area contributed by atoms with Crippen LogP contribution in [0.15, 0.2) is 22.7 Å². The number of halogens is 2. The van der Waals surface area contributed by atoms with Crippen molar-refractivity contribution in [2.24, 2.45) is 0 Å². The molecule has 0 saturated heterocycles. The van der Waals surface area contributed by atoms with Gasteiger partial charge in [0.15, 0.2) is 0 Å². The Morgan fingerprint density at radius 2 is 1.95 bits per heavy atom. The summed E-state index contributed by atoms with van der Waals surface area (Å²) in [6.07, 6.45) is 6.08. The van der Waals surface area contributed by atoms with Gasteiger partial charge in [-0.2, -0.15) is 0 Å². The maximum atomic E-state index is 12.9. The van der Waals surface area contributed by atoms with Crippen LogP contribution < -0.4 is 0 Å². The molecule has 0 bridgehead atoms. The van der Waals surface area contributed by atoms with Gasteiger partial charge in [0.1, 0.15) is 0 Å². The van der Waals surface area contributed by atoms with Crippen LogP contribution in [0.2, 0.25) is 0 Å². The number of nitrogens with zero attached hydrogens (tertiary/aromatic N) is 1. The van der Waals surface area contributed by atoms with E-state index in [2.05, 4.69) is 50.6 Å². The summed E-state index contributed by atoms with van der Waals surface area (Å²) >= 11 is 7.02. The highest BCUT2D eigenvalue weighted by Gasteiger charge is 2.28. The quantitative estimate of drug-likeness (QED) is 0.591. The zero-order valence-electron chi connectivity index (χ0n) is 12.7. The van der Waals surface area contributed by atoms with Gasteiger partial charge in [0.25, 0.3) is 5.91 Å². The second-order valence-corrected chi connectivity index (χ2v) is 7.45. The molecule has 0 heterocycles. The molecule has 1 saturated carbocycles. The van der Waals surface area contributed by atoms with Crippen LogP contribution in [-0.4, -0.2) is 22.9 Å². The number of hydrogen-bond donors (Lipinski definition) is 0. The lowest BCUT2D eigenvalue weighted by atomic mass is 9.92. The molecular weight excluding hydrogens is 394 g/mol. The molecular formula is C17H23Br2NO. The van der Waals surface area contributed by atoms with Crippen LogP contribution in [0, 0.1) is 0 Å². The first-order valence-corrected chi connectivity index (χ1v) is 9.63. The lowest BCUT2D eigenvalue weighted by molar-refractivity contribution is 0.0555. The molecule has 0 aromatic heterocycles. The van der Waals surface area contributed by atoms with Gasteiger partial charge < -0.3 is 4.90 Å². The molecule has 0 spiro atoms. The van der Waals surface area contributed by atoms with Gasteiger partial charge in [-0.15, -0.1) is 0 Å². The zero-order chi connectivity index (χ0) is 15.4. The molecule has 2 nitrogen and oxygen atoms in total. The minimum Gasteiger partial charge on any atom is -0.333 e. The number of benzene rings is 1. The van der Waals surface area contributed by atoms with E-state index in [9.17, 15) is 4.79 Å². The third-order valence-corrected chi connectivity index (χ3v) is 5.55. The average molecular weight is 417 g/mol. The van der Waals surface area contributed by atoms with Gasteiger partial charge in [-0.3, -0.25) is 4.79 Å². The van der Waals surface area contributed by atoms with E-state index in [-0.39, 0.29) is 11.9 Å². The van der Waals surface area contributed by atoms with Crippen LogP contribution in [0.25, 0.3) is 0 Å². The maximum absolute atomic E-state index is 12.9. The van der Waals surface area contributed by atoms with Crippen molar-refractivity contribution in [3.8, 4) is 0 Å². The first-order valence-electron chi connectivity index (χ1n) is 7.71. The lowest BCUT2D eigenvalue weighted by Crippen LogP contribution is -2.45. The van der Waals surface area contributed by atoms with E-state index < -0.39 is 0 Å². The lowest BCUT2D eigenvalue weighted by Gasteiger charge is -2.37. The van der Waals surface area contributed by atoms with Crippen LogP contribution in [0.4, 0.5) is 0 Å². The predicted octanol–water partition coefficient (Wildman–Crippen LogP) is 5.53. The van der Waals surface area contributed by atoms with Crippen molar-refractivity contribution < 1.29 is 4.79 Å². The van der Waals surface area contributed by atoms with Crippen molar-refractivity contribution in [1.29, 1.82) is 0 Å². The molecule has 1 amide bonds. The summed E-state index contributed by atoms with van der Waals surface area (Å²) in [5.41, 5.74) is 1.95. The summed E-state index contributed by atoms with van der Waals surface area (Å²) in [5.74, 6) is 0.165. The number of rotatable bonds is 4. The van der Waals surface area contributed by atoms with Crippen molar-refractivity contribution in [3.05, 3.63) is 33.8 Å². The molecule has 116 valence electrons. The molecule has 2 rings (SSSR count). The Labute approximate surface area is 144 Å². The topological polar surface area (TPSA) is 20.3 Å². The molecule has 0 atom stereocenters. The molecule has 4 heteroatoms. The van der Waals surface area contributed by atoms with E-state index in [1.54, 1.807) is 0 Å². The summed E-state index contributed by atoms with van der Waals surface area (Å²) in [6.45, 7) is 4.24. The van der Waals surface area contributed by atoms with Crippen LogP contribution in [0.5, 0.6) is 0 Å². The van der Waals surface area contributed by atoms with Crippen molar-refractivity contribution >= 4 is 37.8 Å². The number of amides is 1. The minimum absolute atomic E-state index is 0.165. The second-order valence-electron chi connectivity index (χ2n) is 6.04. The summed E-state index contributed by atoms with van der Waals surface area (Å²) < 4.78 is 0.998. The number of carbonyl (C=O) groups excluding carboxylic acids is 1. The second kappa shape index (κ2) is 7.77. The first kappa shape index (κ1) is 17.0. The number of alkyl halides is 1. The number of carbonyl (C=O) groups is 1. The van der Waals surface area contributed by atoms with Crippen molar-refractivity contribution in [2.45, 2.75) is 63.4 Å². The van der Waals surface area contributed by atoms with Gasteiger partial charge in [0, 0.05) is 27.4 Å². The molecule has 0 N–H and O–H groups in total. The average Bonchev–Trinajstić information content (AvgIpc) is 2.48. The van der Waals surface area contributed by atoms with E-state index in [4.69, 9.17) is 0 Å². The van der Waals surface area contributed by atoms with E-state index in [0.29, 0.717) is 6.04 Å². The summed E-state index contributed by atoms with van der Waals surface area (Å²) in [4.78, 5) is 15.0. The van der Waals surface area contributed by atoms with E-state index in [1.807, 2.05) is 18.2 Å². The Morgan fingerprint density at radius 1 is 1.29 bits per heavy atom. The fourth-order valence-corrected chi connectivity index (χ4v) is 4.50. The van der Waals surface area contributed by atoms with Gasteiger partial charge in [-0.05, 0) is 44.4 Å². The zero-order valence-corrected chi connectivity index (χ0v) is 15.9. The SMILES string of the molecule is CC(C)N(C(=O)c1ccc(CBr)c(Br)c1)C1CCCCC1. The Bertz CT molecular complexity index is 496. The smallest absolute Gasteiger partial charge is 0.254 e. The van der Waals surface area contributed by atoms with Gasteiger partial charge in [-0.25, -0.2) is 0 Å². The van der Waals surface area contributed by atoms with Gasteiger partial charge in [0.05, 0.1) is 0 Å². The summed E-state index contributed by atoms with van der Waals surface area (Å²) in [5, 5.41) is 0.790. The standard InChI is InChI=1S/C17H23Br2NO/c1-12(2)20(15-6-4-3-5-7-15)17(21)13-8-9-14(11-18)16(19)10-13/h8-10,12,15H,3-7,11H2,1-2H3. The number of hydrogen-bond acceptors (Lipinski definition) is 1. The van der Waals surface area contributed by atoms with E-state index >= 15 is 0 Å². The molecule has 0 radical (unpaired) electrons. The van der Waals surface area contributed by atoms with Crippen LogP contribution in [-0.2, 0) is 5.33 Å². The normalized spacial score (nSPS) is 16.2. The largest absolute Gasteiger partial charge is 0.333 e. The highest BCUT2D eigenvalue weighted by molar-refractivity contribution is 9.10. The van der Waals surface area contributed by atoms with Crippen molar-refractivity contribution in [1.82, 2.24) is 4.90 Å². The van der Waals surface area contributed by atoms with Crippen LogP contribution in [0.3, 0.4) is 0 Å². The molecule has 1 aromatic rings. The van der Waals surface area contributed by atoms with Gasteiger partial charge >= 0.3 is 0 Å². The highest BCUT2D eigenvalue weighted by atomic mass is 79.9. The highest BCUT2D eigenvalue weighted by Crippen LogP contribution is 2.27. The van der Waals surface area contributed by atoms with Crippen molar-refractivity contribution in [3.63, 3.8) is 0 Å². The molecule has 1 aliphatic carbocycles. The van der Waals surface area contributed by atoms with E-state index in [1.165, 1.54) is 24.8 Å². The fraction of sp³-hybridized carbons (Fsp3) is 0.588. The van der Waals surface area contributed by atoms with E-state index in [0.717, 1.165) is 28.2 Å². The Balaban J connectivity index is 2.23. The molecule has 1 aliphatic rings. The molecule has 0 aliphatic heterocycles. The Morgan fingerprint density at radius 3 is 2.48 bits per heavy atom. The maximum Gasteiger partial charge on any atom is 0.254 e. The molecule has 0 unspecified atom stereocenters. The fourth-order valence-electron chi connectivity index (χ4n) is 3.12. The summed E-state index contributed by atoms with van der Waals surface area (Å²) in [7, 11) is 0. The summed E-state index contributed by atoms with van der Waals surface area (Å²) in [6, 6.07) is 6.57. The molecule has 1 fully saturated rings.